The first-order chi connectivity index (χ1) is 9.70. The van der Waals surface area contributed by atoms with Gasteiger partial charge in [0.05, 0.1) is 12.2 Å². The highest BCUT2D eigenvalue weighted by Crippen LogP contribution is 2.14. The maximum absolute atomic E-state index is 12.1. The van der Waals surface area contributed by atoms with Gasteiger partial charge < -0.3 is 10.1 Å². The maximum atomic E-state index is 12.1. The highest BCUT2D eigenvalue weighted by atomic mass is 16.5. The number of hydrogen-bond acceptors (Lipinski definition) is 3. The smallest absolute Gasteiger partial charge is 0.251 e. The van der Waals surface area contributed by atoms with Crippen LogP contribution in [0.1, 0.15) is 28.9 Å². The van der Waals surface area contributed by atoms with Gasteiger partial charge in [-0.3, -0.25) is 9.89 Å². The second-order valence-electron chi connectivity index (χ2n) is 4.35. The minimum atomic E-state index is -0.131. The van der Waals surface area contributed by atoms with Crippen LogP contribution >= 0.6 is 0 Å². The zero-order chi connectivity index (χ0) is 14.4. The Morgan fingerprint density at radius 1 is 1.50 bits per heavy atom. The van der Waals surface area contributed by atoms with Crippen LogP contribution in [0.15, 0.2) is 49.3 Å². The van der Waals surface area contributed by atoms with Gasteiger partial charge in [0.2, 0.25) is 0 Å². The fourth-order valence-electron chi connectivity index (χ4n) is 1.72. The van der Waals surface area contributed by atoms with E-state index in [1.54, 1.807) is 42.7 Å². The largest absolute Gasteiger partial charge is 0.490 e. The molecule has 1 aromatic heterocycles. The Morgan fingerprint density at radius 3 is 2.85 bits per heavy atom. The van der Waals surface area contributed by atoms with Crippen LogP contribution in [-0.4, -0.2) is 22.7 Å². The van der Waals surface area contributed by atoms with Gasteiger partial charge in [-0.25, -0.2) is 0 Å². The third-order valence-corrected chi connectivity index (χ3v) is 2.85. The summed E-state index contributed by atoms with van der Waals surface area (Å²) >= 11 is 0. The molecule has 2 aromatic rings. The highest BCUT2D eigenvalue weighted by Gasteiger charge is 2.12. The van der Waals surface area contributed by atoms with E-state index in [2.05, 4.69) is 22.1 Å². The van der Waals surface area contributed by atoms with E-state index >= 15 is 0 Å². The summed E-state index contributed by atoms with van der Waals surface area (Å²) in [5.41, 5.74) is 1.52. The molecule has 0 spiro atoms. The number of carbonyl (C=O) groups excluding carboxylic acids is 1. The molecule has 5 nitrogen and oxygen atoms in total. The molecule has 0 radical (unpaired) electrons. The van der Waals surface area contributed by atoms with E-state index in [9.17, 15) is 4.79 Å². The first kappa shape index (κ1) is 13.9. The lowest BCUT2D eigenvalue weighted by Gasteiger charge is -2.12. The zero-order valence-corrected chi connectivity index (χ0v) is 11.3. The van der Waals surface area contributed by atoms with Gasteiger partial charge in [-0.2, -0.15) is 5.10 Å². The number of amides is 1. The molecule has 1 amide bonds. The molecule has 0 saturated heterocycles. The average Bonchev–Trinajstić information content (AvgIpc) is 3.00. The van der Waals surface area contributed by atoms with Crippen LogP contribution in [0.2, 0.25) is 0 Å². The molecule has 2 rings (SSSR count). The minimum Gasteiger partial charge on any atom is -0.490 e. The van der Waals surface area contributed by atoms with Crippen molar-refractivity contribution in [2.45, 2.75) is 13.0 Å². The number of carbonyl (C=O) groups is 1. The molecule has 0 bridgehead atoms. The minimum absolute atomic E-state index is 0.0991. The Kier molecular flexibility index (Phi) is 4.55. The number of rotatable bonds is 6. The fraction of sp³-hybridized carbons (Fsp3) is 0.200. The van der Waals surface area contributed by atoms with Gasteiger partial charge in [0, 0.05) is 17.3 Å². The van der Waals surface area contributed by atoms with Crippen LogP contribution in [-0.2, 0) is 0 Å². The van der Waals surface area contributed by atoms with Crippen molar-refractivity contribution in [3.8, 4) is 5.75 Å². The molecular formula is C15H17N3O2. The number of ether oxygens (including phenoxy) is 1. The van der Waals surface area contributed by atoms with Crippen LogP contribution in [0.5, 0.6) is 5.75 Å². The van der Waals surface area contributed by atoms with E-state index in [1.807, 2.05) is 6.92 Å². The van der Waals surface area contributed by atoms with Crippen LogP contribution < -0.4 is 10.1 Å². The Balaban J connectivity index is 1.97. The van der Waals surface area contributed by atoms with Gasteiger partial charge >= 0.3 is 0 Å². The second kappa shape index (κ2) is 6.56. The van der Waals surface area contributed by atoms with Gasteiger partial charge in [-0.15, -0.1) is 0 Å². The molecule has 1 atom stereocenters. The first-order valence-corrected chi connectivity index (χ1v) is 6.34. The molecule has 104 valence electrons. The average molecular weight is 271 g/mol. The van der Waals surface area contributed by atoms with Crippen molar-refractivity contribution in [1.82, 2.24) is 15.5 Å². The molecule has 20 heavy (non-hydrogen) atoms. The number of nitrogens with zero attached hydrogens (tertiary/aromatic N) is 1. The molecular weight excluding hydrogens is 254 g/mol. The quantitative estimate of drug-likeness (QED) is 0.793. The predicted molar refractivity (Wildman–Crippen MR) is 76.6 cm³/mol. The number of aromatic amines is 1. The van der Waals surface area contributed by atoms with Gasteiger partial charge in [0.1, 0.15) is 12.4 Å². The zero-order valence-electron chi connectivity index (χ0n) is 11.3. The van der Waals surface area contributed by atoms with Crippen molar-refractivity contribution in [1.29, 1.82) is 0 Å². The third kappa shape index (κ3) is 3.47. The van der Waals surface area contributed by atoms with Crippen molar-refractivity contribution in [3.63, 3.8) is 0 Å². The molecule has 1 unspecified atom stereocenters. The van der Waals surface area contributed by atoms with E-state index in [0.29, 0.717) is 17.9 Å². The third-order valence-electron chi connectivity index (χ3n) is 2.85. The van der Waals surface area contributed by atoms with Crippen LogP contribution in [0.4, 0.5) is 0 Å². The van der Waals surface area contributed by atoms with E-state index < -0.39 is 0 Å². The standard InChI is InChI=1S/C15H17N3O2/c1-3-8-20-14-6-4-12(5-7-14)15(19)18-11(2)13-9-16-17-10-13/h3-7,9-11H,1,8H2,2H3,(H,16,17)(H,18,19). The normalized spacial score (nSPS) is 11.7. The van der Waals surface area contributed by atoms with Gasteiger partial charge in [-0.1, -0.05) is 12.7 Å². The lowest BCUT2D eigenvalue weighted by molar-refractivity contribution is 0.0940. The van der Waals surface area contributed by atoms with E-state index in [-0.39, 0.29) is 11.9 Å². The lowest BCUT2D eigenvalue weighted by Crippen LogP contribution is -2.26. The van der Waals surface area contributed by atoms with Crippen LogP contribution in [0, 0.1) is 0 Å². The summed E-state index contributed by atoms with van der Waals surface area (Å²) in [7, 11) is 0. The van der Waals surface area contributed by atoms with Crippen LogP contribution in [0.25, 0.3) is 0 Å². The molecule has 0 aliphatic heterocycles. The topological polar surface area (TPSA) is 67.0 Å². The monoisotopic (exact) mass is 271 g/mol. The highest BCUT2D eigenvalue weighted by molar-refractivity contribution is 5.94. The Morgan fingerprint density at radius 2 is 2.25 bits per heavy atom. The molecule has 0 fully saturated rings. The fourth-order valence-corrected chi connectivity index (χ4v) is 1.72. The Labute approximate surface area is 117 Å². The predicted octanol–water partition coefficient (Wildman–Crippen LogP) is 2.47. The Hall–Kier alpha value is -2.56. The molecule has 1 aromatic carbocycles. The van der Waals surface area contributed by atoms with Gasteiger partial charge in [0.25, 0.3) is 5.91 Å². The van der Waals surface area contributed by atoms with Gasteiger partial charge in [-0.05, 0) is 31.2 Å². The van der Waals surface area contributed by atoms with Crippen molar-refractivity contribution in [2.75, 3.05) is 6.61 Å². The summed E-state index contributed by atoms with van der Waals surface area (Å²) in [4.78, 5) is 12.1. The molecule has 2 N–H and O–H groups in total. The number of hydrogen-bond donors (Lipinski definition) is 2. The van der Waals surface area contributed by atoms with Crippen molar-refractivity contribution < 1.29 is 9.53 Å². The maximum Gasteiger partial charge on any atom is 0.251 e. The van der Waals surface area contributed by atoms with Gasteiger partial charge in [0.15, 0.2) is 0 Å². The molecule has 0 saturated carbocycles. The number of nitrogens with one attached hydrogen (secondary N) is 2. The summed E-state index contributed by atoms with van der Waals surface area (Å²) < 4.78 is 5.37. The molecule has 5 heteroatoms. The SMILES string of the molecule is C=CCOc1ccc(C(=O)NC(C)c2cn[nH]c2)cc1. The molecule has 1 heterocycles. The summed E-state index contributed by atoms with van der Waals surface area (Å²) in [6.07, 6.45) is 5.13. The lowest BCUT2D eigenvalue weighted by atomic mass is 10.1. The number of H-pyrrole nitrogens is 1. The van der Waals surface area contributed by atoms with Crippen molar-refractivity contribution in [3.05, 3.63) is 60.4 Å². The summed E-state index contributed by atoms with van der Waals surface area (Å²) in [5, 5.41) is 9.49. The van der Waals surface area contributed by atoms with E-state index in [4.69, 9.17) is 4.74 Å². The van der Waals surface area contributed by atoms with E-state index in [1.165, 1.54) is 0 Å². The van der Waals surface area contributed by atoms with Crippen molar-refractivity contribution in [2.24, 2.45) is 0 Å². The Bertz CT molecular complexity index is 561. The number of benzene rings is 1. The molecule has 0 aliphatic rings. The molecule has 0 aliphatic carbocycles. The summed E-state index contributed by atoms with van der Waals surface area (Å²) in [6.45, 7) is 5.94. The second-order valence-corrected chi connectivity index (χ2v) is 4.35. The number of aromatic nitrogens is 2. The van der Waals surface area contributed by atoms with Crippen molar-refractivity contribution >= 4 is 5.91 Å². The van der Waals surface area contributed by atoms with Crippen LogP contribution in [0.3, 0.4) is 0 Å². The first-order valence-electron chi connectivity index (χ1n) is 6.34. The summed E-state index contributed by atoms with van der Waals surface area (Å²) in [6, 6.07) is 6.89. The summed E-state index contributed by atoms with van der Waals surface area (Å²) in [5.74, 6) is 0.582. The van der Waals surface area contributed by atoms with E-state index in [0.717, 1.165) is 5.56 Å².